The average molecular weight is 180 g/mol. The minimum Gasteiger partial charge on any atom is -0.442 e. The number of rotatable bonds is 1. The predicted octanol–water partition coefficient (Wildman–Crippen LogP) is 2.31. The fourth-order valence-electron chi connectivity index (χ4n) is 0.474. The van der Waals surface area contributed by atoms with E-state index in [1.54, 1.807) is 0 Å². The first-order valence-electron chi connectivity index (χ1n) is 2.37. The predicted molar refractivity (Wildman–Crippen MR) is 37.9 cm³/mol. The van der Waals surface area contributed by atoms with E-state index in [0.717, 1.165) is 0 Å². The van der Waals surface area contributed by atoms with Crippen LogP contribution in [0.3, 0.4) is 0 Å². The third kappa shape index (κ3) is 1.43. The summed E-state index contributed by atoms with van der Waals surface area (Å²) in [5, 5.41) is 10.9. The van der Waals surface area contributed by atoms with Gasteiger partial charge >= 0.3 is 0 Å². The summed E-state index contributed by atoms with van der Waals surface area (Å²) in [7, 11) is 0. The Bertz CT molecular complexity index is 256. The van der Waals surface area contributed by atoms with E-state index in [0.29, 0.717) is 0 Å². The summed E-state index contributed by atoms with van der Waals surface area (Å²) in [6, 6.07) is 3.01. The van der Waals surface area contributed by atoms with E-state index in [9.17, 15) is 0 Å². The molecule has 0 aromatic carbocycles. The van der Waals surface area contributed by atoms with Crippen molar-refractivity contribution in [2.24, 2.45) is 5.16 Å². The van der Waals surface area contributed by atoms with Crippen molar-refractivity contribution in [3.8, 4) is 0 Å². The molecule has 0 saturated heterocycles. The first-order chi connectivity index (χ1) is 4.74. The molecule has 0 bridgehead atoms. The molecule has 0 spiro atoms. The Labute approximate surface area is 66.8 Å². The molecular weight excluding hydrogens is 177 g/mol. The summed E-state index contributed by atoms with van der Waals surface area (Å²) in [5.41, 5.74) is 0. The molecule has 0 aliphatic rings. The molecular formula is C5H3Cl2NO2. The van der Waals surface area contributed by atoms with Crippen LogP contribution in [0, 0.1) is 0 Å². The first-order valence-corrected chi connectivity index (χ1v) is 3.13. The van der Waals surface area contributed by atoms with E-state index < -0.39 is 0 Å². The number of hydrogen-bond donors (Lipinski definition) is 1. The van der Waals surface area contributed by atoms with E-state index in [-0.39, 0.29) is 16.2 Å². The van der Waals surface area contributed by atoms with Crippen LogP contribution in [0.4, 0.5) is 0 Å². The second-order valence-corrected chi connectivity index (χ2v) is 2.23. The zero-order valence-electron chi connectivity index (χ0n) is 4.71. The van der Waals surface area contributed by atoms with Crippen LogP contribution in [0.5, 0.6) is 0 Å². The van der Waals surface area contributed by atoms with Crippen molar-refractivity contribution < 1.29 is 9.62 Å². The lowest BCUT2D eigenvalue weighted by Gasteiger charge is -1.85. The van der Waals surface area contributed by atoms with Crippen molar-refractivity contribution in [1.82, 2.24) is 0 Å². The molecule has 0 unspecified atom stereocenters. The van der Waals surface area contributed by atoms with Crippen molar-refractivity contribution in [1.29, 1.82) is 0 Å². The van der Waals surface area contributed by atoms with Crippen LogP contribution < -0.4 is 0 Å². The Morgan fingerprint density at radius 3 is 2.70 bits per heavy atom. The zero-order chi connectivity index (χ0) is 7.56. The monoisotopic (exact) mass is 179 g/mol. The molecule has 0 aliphatic heterocycles. The summed E-state index contributed by atoms with van der Waals surface area (Å²) in [4.78, 5) is 0. The topological polar surface area (TPSA) is 45.7 Å². The van der Waals surface area contributed by atoms with E-state index in [4.69, 9.17) is 32.8 Å². The quantitative estimate of drug-likeness (QED) is 0.409. The maximum atomic E-state index is 8.15. The van der Waals surface area contributed by atoms with E-state index in [2.05, 4.69) is 5.16 Å². The van der Waals surface area contributed by atoms with Gasteiger partial charge in [0.2, 0.25) is 5.17 Å². The summed E-state index contributed by atoms with van der Waals surface area (Å²) in [6.45, 7) is 0. The second-order valence-electron chi connectivity index (χ2n) is 1.49. The van der Waals surface area contributed by atoms with Gasteiger partial charge < -0.3 is 9.62 Å². The van der Waals surface area contributed by atoms with Crippen LogP contribution in [0.15, 0.2) is 21.7 Å². The lowest BCUT2D eigenvalue weighted by atomic mass is 10.5. The van der Waals surface area contributed by atoms with Crippen molar-refractivity contribution in [2.45, 2.75) is 0 Å². The zero-order valence-corrected chi connectivity index (χ0v) is 6.23. The lowest BCUT2D eigenvalue weighted by molar-refractivity contribution is 0.319. The minimum atomic E-state index is -0.119. The van der Waals surface area contributed by atoms with Gasteiger partial charge in [0.1, 0.15) is 0 Å². The Morgan fingerprint density at radius 2 is 2.30 bits per heavy atom. The highest BCUT2D eigenvalue weighted by molar-refractivity contribution is 6.69. The molecule has 0 radical (unpaired) electrons. The van der Waals surface area contributed by atoms with Gasteiger partial charge in [-0.2, -0.15) is 0 Å². The normalized spacial score (nSPS) is 12.0. The molecule has 1 aromatic rings. The number of nitrogens with zero attached hydrogens (tertiary/aromatic N) is 1. The van der Waals surface area contributed by atoms with Crippen molar-refractivity contribution in [3.63, 3.8) is 0 Å². The molecule has 10 heavy (non-hydrogen) atoms. The number of furan rings is 1. The molecule has 54 valence electrons. The summed E-state index contributed by atoms with van der Waals surface area (Å²) >= 11 is 10.8. The summed E-state index contributed by atoms with van der Waals surface area (Å²) < 4.78 is 4.78. The Hall–Kier alpha value is -0.670. The van der Waals surface area contributed by atoms with Gasteiger partial charge in [-0.15, -0.1) is 0 Å². The SMILES string of the molecule is ON=C(Cl)c1ccc(Cl)o1. The molecule has 0 amide bonds. The third-order valence-electron chi connectivity index (χ3n) is 0.864. The van der Waals surface area contributed by atoms with Gasteiger partial charge in [-0.3, -0.25) is 0 Å². The maximum absolute atomic E-state index is 8.15. The second kappa shape index (κ2) is 2.94. The van der Waals surface area contributed by atoms with Crippen LogP contribution in [0.2, 0.25) is 5.22 Å². The number of oxime groups is 1. The van der Waals surface area contributed by atoms with Gasteiger partial charge in [0.25, 0.3) is 0 Å². The van der Waals surface area contributed by atoms with Gasteiger partial charge in [-0.05, 0) is 23.7 Å². The molecule has 0 saturated carbocycles. The van der Waals surface area contributed by atoms with E-state index >= 15 is 0 Å². The highest BCUT2D eigenvalue weighted by atomic mass is 35.5. The minimum absolute atomic E-state index is 0.119. The van der Waals surface area contributed by atoms with Crippen LogP contribution in [-0.4, -0.2) is 10.4 Å². The van der Waals surface area contributed by atoms with Gasteiger partial charge in [-0.25, -0.2) is 0 Å². The van der Waals surface area contributed by atoms with Crippen molar-refractivity contribution >= 4 is 28.4 Å². The van der Waals surface area contributed by atoms with Crippen LogP contribution in [0.1, 0.15) is 5.76 Å². The molecule has 1 heterocycles. The smallest absolute Gasteiger partial charge is 0.210 e. The highest BCUT2D eigenvalue weighted by Gasteiger charge is 2.04. The third-order valence-corrected chi connectivity index (χ3v) is 1.33. The molecule has 1 aromatic heterocycles. The maximum Gasteiger partial charge on any atom is 0.210 e. The van der Waals surface area contributed by atoms with E-state index in [1.807, 2.05) is 0 Å². The van der Waals surface area contributed by atoms with Gasteiger partial charge in [-0.1, -0.05) is 16.8 Å². The Balaban J connectivity index is 2.95. The fraction of sp³-hybridized carbons (Fsp3) is 0. The van der Waals surface area contributed by atoms with Crippen molar-refractivity contribution in [2.75, 3.05) is 0 Å². The molecule has 0 aliphatic carbocycles. The van der Waals surface area contributed by atoms with Crippen molar-refractivity contribution in [3.05, 3.63) is 23.1 Å². The first kappa shape index (κ1) is 7.44. The summed E-state index contributed by atoms with van der Waals surface area (Å²) in [5.74, 6) is 0.245. The summed E-state index contributed by atoms with van der Waals surface area (Å²) in [6.07, 6.45) is 0. The lowest BCUT2D eigenvalue weighted by Crippen LogP contribution is -1.85. The van der Waals surface area contributed by atoms with E-state index in [1.165, 1.54) is 12.1 Å². The molecule has 3 nitrogen and oxygen atoms in total. The largest absolute Gasteiger partial charge is 0.442 e. The van der Waals surface area contributed by atoms with Gasteiger partial charge in [0.05, 0.1) is 0 Å². The molecule has 0 atom stereocenters. The highest BCUT2D eigenvalue weighted by Crippen LogP contribution is 2.14. The number of hydrogen-bond acceptors (Lipinski definition) is 3. The van der Waals surface area contributed by atoms with Gasteiger partial charge in [0.15, 0.2) is 11.0 Å². The Morgan fingerprint density at radius 1 is 1.60 bits per heavy atom. The van der Waals surface area contributed by atoms with Crippen LogP contribution in [-0.2, 0) is 0 Å². The van der Waals surface area contributed by atoms with Crippen LogP contribution >= 0.6 is 23.2 Å². The molecule has 1 N–H and O–H groups in total. The average Bonchev–Trinajstić information content (AvgIpc) is 2.34. The molecule has 0 fully saturated rings. The number of halogens is 2. The van der Waals surface area contributed by atoms with Crippen LogP contribution in [0.25, 0.3) is 0 Å². The standard InChI is InChI=1S/C5H3Cl2NO2/c6-4-2-1-3(10-4)5(7)8-9/h1-2,9H. The molecule has 1 rings (SSSR count). The fourth-order valence-corrected chi connectivity index (χ4v) is 0.722. The Kier molecular flexibility index (Phi) is 2.19. The van der Waals surface area contributed by atoms with Gasteiger partial charge in [0, 0.05) is 0 Å². The molecule has 5 heteroatoms.